The summed E-state index contributed by atoms with van der Waals surface area (Å²) >= 11 is 6.35. The van der Waals surface area contributed by atoms with Gasteiger partial charge in [0.2, 0.25) is 5.76 Å². The normalized spacial score (nSPS) is 21.6. The highest BCUT2D eigenvalue weighted by molar-refractivity contribution is 6.33. The van der Waals surface area contributed by atoms with Crippen LogP contribution in [0.5, 0.6) is 0 Å². The Balaban J connectivity index is 1.25. The van der Waals surface area contributed by atoms with Gasteiger partial charge in [0.05, 0.1) is 22.6 Å². The van der Waals surface area contributed by atoms with E-state index in [4.69, 9.17) is 16.0 Å². The quantitative estimate of drug-likeness (QED) is 0.280. The predicted octanol–water partition coefficient (Wildman–Crippen LogP) is 6.33. The standard InChI is InChI=1S/C29H34ClF3N6O3/c1-18-6-4-13-39(17-18)27-36-25(29(31,32)33)24(42-27)26(40)35-20-9-10-22(34-16-20)38-14-5-11-28(41,12-15-38)37-23-19(2)7-3-8-21(23)30/h3,7-10,16,18,37,41H,4-6,11-15,17H2,1-2H3,(H,35,40). The van der Waals surface area contributed by atoms with Crippen LogP contribution in [0.3, 0.4) is 0 Å². The van der Waals surface area contributed by atoms with Gasteiger partial charge in [-0.25, -0.2) is 4.98 Å². The number of carbonyl (C=O) groups excluding carboxylic acids is 1. The first-order valence-electron chi connectivity index (χ1n) is 14.0. The molecule has 2 aliphatic heterocycles. The number of amides is 1. The average Bonchev–Trinajstić information content (AvgIpc) is 3.32. The Morgan fingerprint density at radius 2 is 1.93 bits per heavy atom. The number of aromatic nitrogens is 2. The molecule has 42 heavy (non-hydrogen) atoms. The van der Waals surface area contributed by atoms with Crippen molar-refractivity contribution in [2.45, 2.75) is 57.9 Å². The molecule has 0 saturated carbocycles. The predicted molar refractivity (Wildman–Crippen MR) is 155 cm³/mol. The molecule has 3 N–H and O–H groups in total. The second-order valence-corrected chi connectivity index (χ2v) is 11.6. The number of aryl methyl sites for hydroxylation is 1. The highest BCUT2D eigenvalue weighted by Crippen LogP contribution is 2.36. The van der Waals surface area contributed by atoms with Crippen molar-refractivity contribution in [2.75, 3.05) is 46.6 Å². The molecule has 3 aromatic rings. The zero-order valence-corrected chi connectivity index (χ0v) is 24.2. The lowest BCUT2D eigenvalue weighted by molar-refractivity contribution is -0.141. The van der Waals surface area contributed by atoms with E-state index in [0.29, 0.717) is 62.0 Å². The van der Waals surface area contributed by atoms with E-state index in [-0.39, 0.29) is 17.6 Å². The van der Waals surface area contributed by atoms with Crippen LogP contribution in [0.2, 0.25) is 5.02 Å². The van der Waals surface area contributed by atoms with Gasteiger partial charge < -0.3 is 30.0 Å². The van der Waals surface area contributed by atoms with E-state index in [2.05, 4.69) is 20.6 Å². The third kappa shape index (κ3) is 6.75. The fourth-order valence-electron chi connectivity index (χ4n) is 5.48. The number of oxazole rings is 1. The Hall–Kier alpha value is -3.51. The van der Waals surface area contributed by atoms with Crippen LogP contribution in [0.25, 0.3) is 0 Å². The average molecular weight is 607 g/mol. The van der Waals surface area contributed by atoms with Gasteiger partial charge in [-0.05, 0) is 62.3 Å². The van der Waals surface area contributed by atoms with Crippen molar-refractivity contribution in [1.82, 2.24) is 9.97 Å². The van der Waals surface area contributed by atoms with Crippen molar-refractivity contribution in [2.24, 2.45) is 5.92 Å². The van der Waals surface area contributed by atoms with Crippen LogP contribution in [0.15, 0.2) is 40.9 Å². The summed E-state index contributed by atoms with van der Waals surface area (Å²) in [6.45, 7) is 6.08. The number of pyridine rings is 1. The fraction of sp³-hybridized carbons (Fsp3) is 0.483. The number of anilines is 4. The summed E-state index contributed by atoms with van der Waals surface area (Å²) in [7, 11) is 0. The Kier molecular flexibility index (Phi) is 8.56. The third-order valence-electron chi connectivity index (χ3n) is 7.74. The van der Waals surface area contributed by atoms with E-state index >= 15 is 0 Å². The van der Waals surface area contributed by atoms with E-state index in [1.165, 1.54) is 6.20 Å². The summed E-state index contributed by atoms with van der Waals surface area (Å²) < 4.78 is 46.6. The minimum atomic E-state index is -4.86. The molecule has 226 valence electrons. The van der Waals surface area contributed by atoms with E-state index in [0.717, 1.165) is 18.4 Å². The Bertz CT molecular complexity index is 1400. The molecule has 13 heteroatoms. The molecule has 2 fully saturated rings. The lowest BCUT2D eigenvalue weighted by atomic mass is 10.0. The number of rotatable bonds is 6. The molecule has 0 spiro atoms. The zero-order chi connectivity index (χ0) is 30.1. The molecule has 0 radical (unpaired) electrons. The van der Waals surface area contributed by atoms with Gasteiger partial charge in [0.15, 0.2) is 5.69 Å². The molecule has 5 rings (SSSR count). The third-order valence-corrected chi connectivity index (χ3v) is 8.06. The summed E-state index contributed by atoms with van der Waals surface area (Å²) in [4.78, 5) is 24.6. The lowest BCUT2D eigenvalue weighted by Crippen LogP contribution is -2.39. The summed E-state index contributed by atoms with van der Waals surface area (Å²) in [5.41, 5.74) is -0.664. The van der Waals surface area contributed by atoms with E-state index in [1.54, 1.807) is 23.1 Å². The van der Waals surface area contributed by atoms with Crippen molar-refractivity contribution in [1.29, 1.82) is 0 Å². The molecule has 4 heterocycles. The van der Waals surface area contributed by atoms with Crippen molar-refractivity contribution >= 4 is 40.7 Å². The maximum atomic E-state index is 13.7. The van der Waals surface area contributed by atoms with Gasteiger partial charge >= 0.3 is 6.18 Å². The smallest absolute Gasteiger partial charge is 0.417 e. The molecule has 9 nitrogen and oxygen atoms in total. The van der Waals surface area contributed by atoms with E-state index in [9.17, 15) is 23.1 Å². The second kappa shape index (κ2) is 12.0. The molecule has 0 aliphatic carbocycles. The first-order chi connectivity index (χ1) is 19.9. The van der Waals surface area contributed by atoms with Gasteiger partial charge in [-0.3, -0.25) is 4.79 Å². The number of carbonyl (C=O) groups is 1. The largest absolute Gasteiger partial charge is 0.437 e. The number of para-hydroxylation sites is 1. The molecule has 1 aromatic carbocycles. The zero-order valence-electron chi connectivity index (χ0n) is 23.5. The van der Waals surface area contributed by atoms with E-state index in [1.807, 2.05) is 30.9 Å². The summed E-state index contributed by atoms with van der Waals surface area (Å²) in [5.74, 6) is -1.04. The van der Waals surface area contributed by atoms with Gasteiger partial charge in [-0.1, -0.05) is 30.7 Å². The van der Waals surface area contributed by atoms with Crippen LogP contribution < -0.4 is 20.4 Å². The highest BCUT2D eigenvalue weighted by atomic mass is 35.5. The number of benzene rings is 1. The summed E-state index contributed by atoms with van der Waals surface area (Å²) in [6, 6.07) is 8.59. The van der Waals surface area contributed by atoms with E-state index < -0.39 is 29.3 Å². The molecule has 2 aliphatic rings. The van der Waals surface area contributed by atoms with Crippen molar-refractivity contribution in [3.8, 4) is 0 Å². The SMILES string of the molecule is Cc1cccc(Cl)c1NC1(O)CCCN(c2ccc(NC(=O)c3oc(N4CCCC(C)C4)nc3C(F)(F)F)cn2)CC1. The minimum Gasteiger partial charge on any atom is -0.417 e. The molecular weight excluding hydrogens is 573 g/mol. The molecule has 2 aromatic heterocycles. The molecule has 1 amide bonds. The number of alkyl halides is 3. The molecule has 0 bridgehead atoms. The van der Waals surface area contributed by atoms with Crippen molar-refractivity contribution < 1.29 is 27.5 Å². The number of nitrogens with zero attached hydrogens (tertiary/aromatic N) is 4. The Labute approximate surface area is 247 Å². The monoisotopic (exact) mass is 606 g/mol. The topological polar surface area (TPSA) is 107 Å². The fourth-order valence-corrected chi connectivity index (χ4v) is 5.75. The molecule has 2 unspecified atom stereocenters. The second-order valence-electron chi connectivity index (χ2n) is 11.2. The van der Waals surface area contributed by atoms with Gasteiger partial charge in [-0.15, -0.1) is 0 Å². The van der Waals surface area contributed by atoms with Gasteiger partial charge in [0.1, 0.15) is 11.5 Å². The first kappa shape index (κ1) is 30.0. The number of hydrogen-bond donors (Lipinski definition) is 3. The molecule has 2 saturated heterocycles. The highest BCUT2D eigenvalue weighted by Gasteiger charge is 2.42. The van der Waals surface area contributed by atoms with Crippen LogP contribution in [0.1, 0.15) is 60.8 Å². The van der Waals surface area contributed by atoms with Crippen LogP contribution in [-0.2, 0) is 6.18 Å². The van der Waals surface area contributed by atoms with Crippen molar-refractivity contribution in [3.05, 3.63) is 58.6 Å². The Morgan fingerprint density at radius 1 is 1.14 bits per heavy atom. The van der Waals surface area contributed by atoms with Crippen LogP contribution in [-0.4, -0.2) is 52.9 Å². The summed E-state index contributed by atoms with van der Waals surface area (Å²) in [6.07, 6.45) is -0.119. The van der Waals surface area contributed by atoms with Gasteiger partial charge in [0, 0.05) is 32.6 Å². The lowest BCUT2D eigenvalue weighted by Gasteiger charge is -2.30. The maximum absolute atomic E-state index is 13.7. The van der Waals surface area contributed by atoms with Gasteiger partial charge in [-0.2, -0.15) is 18.2 Å². The van der Waals surface area contributed by atoms with Crippen LogP contribution >= 0.6 is 11.6 Å². The van der Waals surface area contributed by atoms with Crippen LogP contribution in [0.4, 0.5) is 36.4 Å². The Morgan fingerprint density at radius 3 is 2.62 bits per heavy atom. The first-order valence-corrected chi connectivity index (χ1v) is 14.4. The number of nitrogens with one attached hydrogen (secondary N) is 2. The van der Waals surface area contributed by atoms with Crippen LogP contribution in [0, 0.1) is 12.8 Å². The van der Waals surface area contributed by atoms with Crippen molar-refractivity contribution in [3.63, 3.8) is 0 Å². The minimum absolute atomic E-state index is 0.201. The maximum Gasteiger partial charge on any atom is 0.437 e. The number of aliphatic hydroxyl groups is 1. The number of piperidine rings is 1. The molecule has 2 atom stereocenters. The number of hydrogen-bond acceptors (Lipinski definition) is 8. The number of halogens is 4. The molecular formula is C29H34ClF3N6O3. The van der Waals surface area contributed by atoms with Gasteiger partial charge in [0.25, 0.3) is 11.9 Å². The summed E-state index contributed by atoms with van der Waals surface area (Å²) in [5, 5.41) is 17.5.